The van der Waals surface area contributed by atoms with Crippen molar-refractivity contribution in [2.75, 3.05) is 39.5 Å². The highest BCUT2D eigenvalue weighted by Gasteiger charge is 2.50. The second-order valence-corrected chi connectivity index (χ2v) is 12.0. The minimum Gasteiger partial charge on any atom is -0.406 e. The van der Waals surface area contributed by atoms with Crippen LogP contribution in [0.3, 0.4) is 0 Å². The number of epoxide rings is 1. The van der Waals surface area contributed by atoms with E-state index in [2.05, 4.69) is 20.7 Å². The summed E-state index contributed by atoms with van der Waals surface area (Å²) in [7, 11) is 0. The summed E-state index contributed by atoms with van der Waals surface area (Å²) in [4.78, 5) is 54.6. The Bertz CT molecular complexity index is 1160. The fourth-order valence-corrected chi connectivity index (χ4v) is 5.59. The van der Waals surface area contributed by atoms with Gasteiger partial charge in [0.2, 0.25) is 17.7 Å². The highest BCUT2D eigenvalue weighted by Crippen LogP contribution is 2.33. The Labute approximate surface area is 254 Å². The van der Waals surface area contributed by atoms with E-state index in [0.29, 0.717) is 38.3 Å². The quantitative estimate of drug-likeness (QED) is 0.266. The van der Waals surface area contributed by atoms with Gasteiger partial charge in [0.1, 0.15) is 23.4 Å². The number of nitrogens with one attached hydrogen (secondary N) is 3. The molecule has 244 valence electrons. The molecule has 4 rings (SSSR count). The summed E-state index contributed by atoms with van der Waals surface area (Å²) in [5.74, 6) is -2.02. The number of carbonyl (C=O) groups excluding carboxylic acids is 4. The maximum atomic E-state index is 13.7. The summed E-state index contributed by atoms with van der Waals surface area (Å²) in [6.07, 6.45) is -0.498. The van der Waals surface area contributed by atoms with Crippen molar-refractivity contribution in [1.82, 2.24) is 20.9 Å². The number of halogens is 3. The van der Waals surface area contributed by atoms with Gasteiger partial charge in [0.25, 0.3) is 0 Å². The second-order valence-electron chi connectivity index (χ2n) is 12.0. The molecule has 1 aromatic rings. The van der Waals surface area contributed by atoms with Crippen molar-refractivity contribution in [3.63, 3.8) is 0 Å². The zero-order chi connectivity index (χ0) is 31.9. The zero-order valence-corrected chi connectivity index (χ0v) is 25.0. The smallest absolute Gasteiger partial charge is 0.406 e. The molecule has 2 aliphatic heterocycles. The number of benzene rings is 1. The molecule has 0 unspecified atom stereocenters. The molecule has 11 nitrogen and oxygen atoms in total. The van der Waals surface area contributed by atoms with Crippen LogP contribution < -0.4 is 20.7 Å². The SMILES string of the molecule is C[C@H](NC(=O)CN1CCOCC1)C(=O)N[C@@H](Cc1ccc(OC(F)(F)F)cc1)C(=O)N[C@@H](CC1CCCC1)C(=O)[C@@]1(C)CO1. The van der Waals surface area contributed by atoms with Gasteiger partial charge in [-0.1, -0.05) is 37.8 Å². The molecule has 1 aromatic carbocycles. The van der Waals surface area contributed by atoms with Crippen LogP contribution in [0, 0.1) is 5.92 Å². The van der Waals surface area contributed by atoms with Crippen LogP contribution in [0.25, 0.3) is 0 Å². The Morgan fingerprint density at radius 2 is 1.61 bits per heavy atom. The third-order valence-electron chi connectivity index (χ3n) is 8.25. The molecule has 3 aliphatic rings. The highest BCUT2D eigenvalue weighted by atomic mass is 19.4. The molecular formula is C30H41F3N4O7. The first-order valence-corrected chi connectivity index (χ1v) is 15.0. The van der Waals surface area contributed by atoms with Gasteiger partial charge in [-0.2, -0.15) is 0 Å². The molecule has 2 saturated heterocycles. The van der Waals surface area contributed by atoms with Gasteiger partial charge < -0.3 is 30.2 Å². The Morgan fingerprint density at radius 3 is 2.20 bits per heavy atom. The van der Waals surface area contributed by atoms with Crippen molar-refractivity contribution in [3.8, 4) is 5.75 Å². The average molecular weight is 627 g/mol. The molecule has 3 amide bonds. The molecule has 3 N–H and O–H groups in total. The topological polar surface area (TPSA) is 139 Å². The van der Waals surface area contributed by atoms with Crippen LogP contribution in [-0.4, -0.2) is 97.9 Å². The Kier molecular flexibility index (Phi) is 11.2. The van der Waals surface area contributed by atoms with Crippen LogP contribution in [0.2, 0.25) is 0 Å². The molecule has 4 atom stereocenters. The maximum Gasteiger partial charge on any atom is 0.573 e. The summed E-state index contributed by atoms with van der Waals surface area (Å²) in [6, 6.07) is 1.95. The number of carbonyl (C=O) groups is 4. The molecular weight excluding hydrogens is 585 g/mol. The van der Waals surface area contributed by atoms with E-state index in [1.54, 1.807) is 6.92 Å². The first kappa shape index (κ1) is 33.7. The molecule has 2 heterocycles. The van der Waals surface area contributed by atoms with Crippen LogP contribution in [0.5, 0.6) is 5.75 Å². The first-order valence-electron chi connectivity index (χ1n) is 15.0. The van der Waals surface area contributed by atoms with Gasteiger partial charge in [-0.25, -0.2) is 0 Å². The summed E-state index contributed by atoms with van der Waals surface area (Å²) < 4.78 is 52.4. The number of Topliss-reactive ketones (excluding diaryl/α,β-unsaturated/α-hetero) is 1. The maximum absolute atomic E-state index is 13.7. The lowest BCUT2D eigenvalue weighted by atomic mass is 9.90. The lowest BCUT2D eigenvalue weighted by Gasteiger charge is -2.27. The number of rotatable bonds is 14. The summed E-state index contributed by atoms with van der Waals surface area (Å²) in [6.45, 7) is 5.72. The molecule has 0 bridgehead atoms. The Hall–Kier alpha value is -3.23. The van der Waals surface area contributed by atoms with Gasteiger partial charge in [0.05, 0.1) is 32.4 Å². The van der Waals surface area contributed by atoms with E-state index in [-0.39, 0.29) is 37.2 Å². The number of hydrogen-bond donors (Lipinski definition) is 3. The number of nitrogens with zero attached hydrogens (tertiary/aromatic N) is 1. The molecule has 1 saturated carbocycles. The predicted molar refractivity (Wildman–Crippen MR) is 151 cm³/mol. The molecule has 1 aliphatic carbocycles. The first-order chi connectivity index (χ1) is 20.8. The van der Waals surface area contributed by atoms with Crippen LogP contribution >= 0.6 is 0 Å². The van der Waals surface area contributed by atoms with Gasteiger partial charge in [0, 0.05) is 19.5 Å². The van der Waals surface area contributed by atoms with Gasteiger partial charge >= 0.3 is 6.36 Å². The number of ether oxygens (including phenoxy) is 3. The minimum absolute atomic E-state index is 0.0863. The molecule has 0 aromatic heterocycles. The standard InChI is InChI=1S/C30H41F3N4O7/c1-19(34-25(38)17-37-11-13-42-14-12-37)27(40)36-24(16-21-7-9-22(10-8-21)44-30(31,32)33)28(41)35-23(15-20-5-3-4-6-20)26(39)29(2)18-43-29/h7-10,19-20,23-24H,3-6,11-18H2,1-2H3,(H,34,38)(H,35,41)(H,36,40)/t19-,23-,24-,29+/m0/s1. The van der Waals surface area contributed by atoms with Gasteiger partial charge in [-0.05, 0) is 43.9 Å². The fraction of sp³-hybridized carbons (Fsp3) is 0.667. The zero-order valence-electron chi connectivity index (χ0n) is 25.0. The Morgan fingerprint density at radius 1 is 1.00 bits per heavy atom. The number of amides is 3. The van der Waals surface area contributed by atoms with Gasteiger partial charge in [-0.15, -0.1) is 13.2 Å². The van der Waals surface area contributed by atoms with Crippen molar-refractivity contribution in [1.29, 1.82) is 0 Å². The third-order valence-corrected chi connectivity index (χ3v) is 8.25. The summed E-state index contributed by atoms with van der Waals surface area (Å²) in [5, 5.41) is 8.14. The largest absolute Gasteiger partial charge is 0.573 e. The van der Waals surface area contributed by atoms with E-state index in [9.17, 15) is 32.3 Å². The predicted octanol–water partition coefficient (Wildman–Crippen LogP) is 1.87. The van der Waals surface area contributed by atoms with Crippen molar-refractivity contribution in [2.45, 2.75) is 82.5 Å². The summed E-state index contributed by atoms with van der Waals surface area (Å²) >= 11 is 0. The highest BCUT2D eigenvalue weighted by molar-refractivity contribution is 5.98. The second kappa shape index (κ2) is 14.7. The van der Waals surface area contributed by atoms with E-state index in [4.69, 9.17) is 9.47 Å². The molecule has 14 heteroatoms. The molecule has 3 fully saturated rings. The summed E-state index contributed by atoms with van der Waals surface area (Å²) in [5.41, 5.74) is -0.525. The van der Waals surface area contributed by atoms with Gasteiger partial charge in [0.15, 0.2) is 5.78 Å². The van der Waals surface area contributed by atoms with Crippen LogP contribution in [-0.2, 0) is 35.1 Å². The number of morpholine rings is 1. The van der Waals surface area contributed by atoms with E-state index in [0.717, 1.165) is 37.8 Å². The van der Waals surface area contributed by atoms with E-state index < -0.39 is 47.7 Å². The third kappa shape index (κ3) is 10.2. The molecule has 44 heavy (non-hydrogen) atoms. The van der Waals surface area contributed by atoms with E-state index in [1.165, 1.54) is 19.1 Å². The van der Waals surface area contributed by atoms with E-state index >= 15 is 0 Å². The number of alkyl halides is 3. The molecule has 0 radical (unpaired) electrons. The van der Waals surface area contributed by atoms with Crippen molar-refractivity contribution >= 4 is 23.5 Å². The van der Waals surface area contributed by atoms with Crippen LogP contribution in [0.4, 0.5) is 13.2 Å². The van der Waals surface area contributed by atoms with Crippen LogP contribution in [0.15, 0.2) is 24.3 Å². The van der Waals surface area contributed by atoms with Gasteiger partial charge in [-0.3, -0.25) is 24.1 Å². The normalized spacial score (nSPS) is 22.8. The monoisotopic (exact) mass is 626 g/mol. The lowest BCUT2D eigenvalue weighted by Crippen LogP contribution is -2.57. The van der Waals surface area contributed by atoms with Crippen molar-refractivity contribution < 1.29 is 46.6 Å². The average Bonchev–Trinajstić information content (AvgIpc) is 3.50. The molecule has 0 spiro atoms. The van der Waals surface area contributed by atoms with Crippen LogP contribution in [0.1, 0.15) is 51.5 Å². The number of ketones is 1. The Balaban J connectivity index is 1.45. The van der Waals surface area contributed by atoms with E-state index in [1.807, 2.05) is 4.90 Å². The van der Waals surface area contributed by atoms with Crippen molar-refractivity contribution in [3.05, 3.63) is 29.8 Å². The minimum atomic E-state index is -4.86. The fourth-order valence-electron chi connectivity index (χ4n) is 5.59. The number of hydrogen-bond acceptors (Lipinski definition) is 8. The lowest BCUT2D eigenvalue weighted by molar-refractivity contribution is -0.274. The van der Waals surface area contributed by atoms with Crippen molar-refractivity contribution in [2.24, 2.45) is 5.92 Å².